The number of hydrogen-bond acceptors (Lipinski definition) is 2. The second-order valence-electron chi connectivity index (χ2n) is 2.54. The standard InChI is InChI=1S/C8H18ClNS/c1-3-8(9)4-5-10-6-7-11-2/h8,10H,3-7H2,1-2H3. The van der Waals surface area contributed by atoms with E-state index in [2.05, 4.69) is 18.5 Å². The molecule has 0 aliphatic rings. The van der Waals surface area contributed by atoms with E-state index < -0.39 is 0 Å². The molecule has 3 heteroatoms. The maximum Gasteiger partial charge on any atom is 0.0345 e. The molecule has 11 heavy (non-hydrogen) atoms. The Morgan fingerprint density at radius 1 is 1.45 bits per heavy atom. The Bertz CT molecular complexity index is 80.5. The summed E-state index contributed by atoms with van der Waals surface area (Å²) in [5, 5.41) is 3.70. The van der Waals surface area contributed by atoms with Crippen LogP contribution in [0.3, 0.4) is 0 Å². The largest absolute Gasteiger partial charge is 0.316 e. The Hall–Kier alpha value is 0.600. The van der Waals surface area contributed by atoms with Gasteiger partial charge in [-0.3, -0.25) is 0 Å². The molecule has 1 N–H and O–H groups in total. The van der Waals surface area contributed by atoms with Gasteiger partial charge in [0, 0.05) is 17.7 Å². The fourth-order valence-electron chi connectivity index (χ4n) is 0.762. The lowest BCUT2D eigenvalue weighted by molar-refractivity contribution is 0.641. The Balaban J connectivity index is 2.89. The second-order valence-corrected chi connectivity index (χ2v) is 4.14. The summed E-state index contributed by atoms with van der Waals surface area (Å²) in [5.74, 6) is 1.19. The summed E-state index contributed by atoms with van der Waals surface area (Å²) in [5.41, 5.74) is 0. The summed E-state index contributed by atoms with van der Waals surface area (Å²) in [6.45, 7) is 4.29. The number of thioether (sulfide) groups is 1. The summed E-state index contributed by atoms with van der Waals surface area (Å²) in [7, 11) is 0. The van der Waals surface area contributed by atoms with Crippen molar-refractivity contribution in [2.75, 3.05) is 25.1 Å². The van der Waals surface area contributed by atoms with Gasteiger partial charge in [-0.1, -0.05) is 6.92 Å². The zero-order valence-electron chi connectivity index (χ0n) is 7.40. The molecule has 0 aromatic heterocycles. The van der Waals surface area contributed by atoms with Crippen LogP contribution in [0.1, 0.15) is 19.8 Å². The zero-order valence-corrected chi connectivity index (χ0v) is 8.97. The molecule has 0 radical (unpaired) electrons. The van der Waals surface area contributed by atoms with Crippen LogP contribution >= 0.6 is 23.4 Å². The first-order chi connectivity index (χ1) is 5.31. The maximum atomic E-state index is 5.93. The minimum Gasteiger partial charge on any atom is -0.316 e. The van der Waals surface area contributed by atoms with Crippen LogP contribution in [-0.2, 0) is 0 Å². The lowest BCUT2D eigenvalue weighted by atomic mass is 10.2. The average Bonchev–Trinajstić information content (AvgIpc) is 2.04. The van der Waals surface area contributed by atoms with Crippen molar-refractivity contribution in [3.63, 3.8) is 0 Å². The highest BCUT2D eigenvalue weighted by molar-refractivity contribution is 7.98. The van der Waals surface area contributed by atoms with E-state index in [0.717, 1.165) is 25.9 Å². The predicted molar refractivity (Wildman–Crippen MR) is 55.8 cm³/mol. The molecule has 1 unspecified atom stereocenters. The van der Waals surface area contributed by atoms with Gasteiger partial charge in [0.05, 0.1) is 0 Å². The van der Waals surface area contributed by atoms with Crippen LogP contribution in [-0.4, -0.2) is 30.5 Å². The van der Waals surface area contributed by atoms with Gasteiger partial charge in [-0.05, 0) is 25.6 Å². The van der Waals surface area contributed by atoms with Crippen LogP contribution < -0.4 is 5.32 Å². The molecule has 0 bridgehead atoms. The van der Waals surface area contributed by atoms with Gasteiger partial charge in [-0.2, -0.15) is 11.8 Å². The fraction of sp³-hybridized carbons (Fsp3) is 1.00. The molecule has 0 fully saturated rings. The van der Waals surface area contributed by atoms with Crippen molar-refractivity contribution in [2.24, 2.45) is 0 Å². The van der Waals surface area contributed by atoms with E-state index in [1.807, 2.05) is 11.8 Å². The smallest absolute Gasteiger partial charge is 0.0345 e. The topological polar surface area (TPSA) is 12.0 Å². The highest BCUT2D eigenvalue weighted by Gasteiger charge is 1.98. The third kappa shape index (κ3) is 8.51. The molecular weight excluding hydrogens is 178 g/mol. The molecular formula is C8H18ClNS. The number of alkyl halides is 1. The maximum absolute atomic E-state index is 5.93. The summed E-state index contributed by atoms with van der Waals surface area (Å²) in [6, 6.07) is 0. The molecule has 0 spiro atoms. The normalized spacial score (nSPS) is 13.4. The van der Waals surface area contributed by atoms with Gasteiger partial charge in [0.1, 0.15) is 0 Å². The first-order valence-corrected chi connectivity index (χ1v) is 5.98. The van der Waals surface area contributed by atoms with Crippen molar-refractivity contribution in [1.29, 1.82) is 0 Å². The molecule has 0 amide bonds. The lowest BCUT2D eigenvalue weighted by Crippen LogP contribution is -2.20. The van der Waals surface area contributed by atoms with Crippen LogP contribution in [0.2, 0.25) is 0 Å². The Morgan fingerprint density at radius 3 is 2.73 bits per heavy atom. The molecule has 0 aliphatic heterocycles. The number of rotatable bonds is 7. The van der Waals surface area contributed by atoms with Gasteiger partial charge in [-0.25, -0.2) is 0 Å². The van der Waals surface area contributed by atoms with E-state index >= 15 is 0 Å². The Kier molecular flexibility index (Phi) is 9.17. The summed E-state index contributed by atoms with van der Waals surface area (Å²) in [6.07, 6.45) is 4.29. The van der Waals surface area contributed by atoms with E-state index in [4.69, 9.17) is 11.6 Å². The van der Waals surface area contributed by atoms with E-state index in [-0.39, 0.29) is 0 Å². The fourth-order valence-corrected chi connectivity index (χ4v) is 1.22. The van der Waals surface area contributed by atoms with E-state index in [1.165, 1.54) is 5.75 Å². The van der Waals surface area contributed by atoms with Crippen molar-refractivity contribution in [2.45, 2.75) is 25.1 Å². The Morgan fingerprint density at radius 2 is 2.18 bits per heavy atom. The van der Waals surface area contributed by atoms with E-state index in [9.17, 15) is 0 Å². The second kappa shape index (κ2) is 8.69. The van der Waals surface area contributed by atoms with Crippen molar-refractivity contribution in [1.82, 2.24) is 5.32 Å². The quantitative estimate of drug-likeness (QED) is 0.495. The van der Waals surface area contributed by atoms with E-state index in [0.29, 0.717) is 5.38 Å². The predicted octanol–water partition coefficient (Wildman–Crippen LogP) is 2.35. The van der Waals surface area contributed by atoms with Crippen molar-refractivity contribution >= 4 is 23.4 Å². The van der Waals surface area contributed by atoms with Crippen LogP contribution in [0.4, 0.5) is 0 Å². The summed E-state index contributed by atoms with van der Waals surface area (Å²) >= 11 is 7.80. The van der Waals surface area contributed by atoms with Gasteiger partial charge < -0.3 is 5.32 Å². The Labute approximate surface area is 79.3 Å². The van der Waals surface area contributed by atoms with Crippen molar-refractivity contribution < 1.29 is 0 Å². The molecule has 0 aromatic carbocycles. The third-order valence-corrected chi connectivity index (χ3v) is 2.70. The van der Waals surface area contributed by atoms with Crippen LogP contribution in [0.25, 0.3) is 0 Å². The number of halogens is 1. The molecule has 0 aliphatic carbocycles. The molecule has 0 rings (SSSR count). The van der Waals surface area contributed by atoms with Gasteiger partial charge in [0.15, 0.2) is 0 Å². The zero-order chi connectivity index (χ0) is 8.53. The molecule has 68 valence electrons. The molecule has 0 saturated heterocycles. The summed E-state index contributed by atoms with van der Waals surface area (Å²) < 4.78 is 0. The number of hydrogen-bond donors (Lipinski definition) is 1. The van der Waals surface area contributed by atoms with Gasteiger partial charge in [0.25, 0.3) is 0 Å². The van der Waals surface area contributed by atoms with Crippen molar-refractivity contribution in [3.8, 4) is 0 Å². The molecule has 0 saturated carbocycles. The molecule has 0 aromatic rings. The van der Waals surface area contributed by atoms with E-state index in [1.54, 1.807) is 0 Å². The van der Waals surface area contributed by atoms with Gasteiger partial charge in [-0.15, -0.1) is 11.6 Å². The molecule has 1 atom stereocenters. The third-order valence-electron chi connectivity index (χ3n) is 1.56. The minimum atomic E-state index is 0.358. The average molecular weight is 196 g/mol. The SMILES string of the molecule is CCC(Cl)CCNCCSC. The monoisotopic (exact) mass is 195 g/mol. The van der Waals surface area contributed by atoms with Gasteiger partial charge >= 0.3 is 0 Å². The first-order valence-electron chi connectivity index (χ1n) is 4.15. The van der Waals surface area contributed by atoms with Crippen LogP contribution in [0.15, 0.2) is 0 Å². The van der Waals surface area contributed by atoms with Crippen molar-refractivity contribution in [3.05, 3.63) is 0 Å². The van der Waals surface area contributed by atoms with Crippen LogP contribution in [0, 0.1) is 0 Å². The highest BCUT2D eigenvalue weighted by Crippen LogP contribution is 2.04. The first kappa shape index (κ1) is 11.6. The number of nitrogens with one attached hydrogen (secondary N) is 1. The highest BCUT2D eigenvalue weighted by atomic mass is 35.5. The lowest BCUT2D eigenvalue weighted by Gasteiger charge is -2.06. The van der Waals surface area contributed by atoms with Gasteiger partial charge in [0.2, 0.25) is 0 Å². The molecule has 0 heterocycles. The summed E-state index contributed by atoms with van der Waals surface area (Å²) in [4.78, 5) is 0. The molecule has 1 nitrogen and oxygen atoms in total. The van der Waals surface area contributed by atoms with Crippen LogP contribution in [0.5, 0.6) is 0 Å². The minimum absolute atomic E-state index is 0.358.